The number of nitrogens with zero attached hydrogens (tertiary/aromatic N) is 5. The standard InChI is InChI=1S/C23H26N6O3S/c1-16(2)22(31)29-13-11-28(12-14-29)19-5-3-18(4-6-19)25-20(30)15-33-23-27-26-21(32-23)17-7-9-24-10-8-17/h3-10,16H,11-15H2,1-2H3,(H,25,30). The van der Waals surface area contributed by atoms with Gasteiger partial charge in [-0.15, -0.1) is 10.2 Å². The molecule has 172 valence electrons. The van der Waals surface area contributed by atoms with Gasteiger partial charge >= 0.3 is 0 Å². The molecule has 1 saturated heterocycles. The summed E-state index contributed by atoms with van der Waals surface area (Å²) in [6.45, 7) is 6.92. The molecule has 9 nitrogen and oxygen atoms in total. The number of piperazine rings is 1. The highest BCUT2D eigenvalue weighted by molar-refractivity contribution is 7.99. The van der Waals surface area contributed by atoms with E-state index in [2.05, 4.69) is 25.4 Å². The number of hydrogen-bond acceptors (Lipinski definition) is 8. The first-order chi connectivity index (χ1) is 16.0. The molecular weight excluding hydrogens is 440 g/mol. The number of aromatic nitrogens is 3. The molecule has 0 aliphatic carbocycles. The molecule has 1 aliphatic heterocycles. The third kappa shape index (κ3) is 5.89. The molecule has 10 heteroatoms. The Morgan fingerprint density at radius 2 is 1.73 bits per heavy atom. The molecule has 1 aromatic carbocycles. The van der Waals surface area contributed by atoms with Crippen LogP contribution in [0.25, 0.3) is 11.5 Å². The van der Waals surface area contributed by atoms with Crippen LogP contribution in [0.5, 0.6) is 0 Å². The molecule has 4 rings (SSSR count). The molecule has 0 spiro atoms. The fourth-order valence-corrected chi connectivity index (χ4v) is 4.07. The molecular formula is C23H26N6O3S. The molecule has 3 aromatic rings. The third-order valence-corrected chi connectivity index (χ3v) is 6.08. The maximum atomic E-state index is 12.3. The molecule has 33 heavy (non-hydrogen) atoms. The van der Waals surface area contributed by atoms with Crippen LogP contribution < -0.4 is 10.2 Å². The number of pyridine rings is 1. The first-order valence-electron chi connectivity index (χ1n) is 10.8. The Labute approximate surface area is 196 Å². The Hall–Kier alpha value is -3.40. The Balaban J connectivity index is 1.24. The van der Waals surface area contributed by atoms with E-state index in [-0.39, 0.29) is 23.5 Å². The molecule has 0 radical (unpaired) electrons. The van der Waals surface area contributed by atoms with Gasteiger partial charge in [0.15, 0.2) is 0 Å². The number of nitrogens with one attached hydrogen (secondary N) is 1. The lowest BCUT2D eigenvalue weighted by molar-refractivity contribution is -0.134. The van der Waals surface area contributed by atoms with Crippen LogP contribution in [0.1, 0.15) is 13.8 Å². The van der Waals surface area contributed by atoms with Gasteiger partial charge in [-0.3, -0.25) is 14.6 Å². The monoisotopic (exact) mass is 466 g/mol. The first kappa shape index (κ1) is 22.8. The molecule has 0 saturated carbocycles. The minimum Gasteiger partial charge on any atom is -0.411 e. The van der Waals surface area contributed by atoms with Gasteiger partial charge in [0.25, 0.3) is 5.22 Å². The van der Waals surface area contributed by atoms with Crippen molar-refractivity contribution in [1.82, 2.24) is 20.1 Å². The van der Waals surface area contributed by atoms with Gasteiger partial charge in [0.05, 0.1) is 5.75 Å². The summed E-state index contributed by atoms with van der Waals surface area (Å²) in [6, 6.07) is 11.3. The highest BCUT2D eigenvalue weighted by Gasteiger charge is 2.23. The summed E-state index contributed by atoms with van der Waals surface area (Å²) in [5.74, 6) is 0.633. The highest BCUT2D eigenvalue weighted by Crippen LogP contribution is 2.23. The minimum absolute atomic E-state index is 0.0286. The lowest BCUT2D eigenvalue weighted by Crippen LogP contribution is -2.49. The number of anilines is 2. The van der Waals surface area contributed by atoms with Gasteiger partial charge < -0.3 is 19.5 Å². The van der Waals surface area contributed by atoms with Crippen molar-refractivity contribution in [1.29, 1.82) is 0 Å². The van der Waals surface area contributed by atoms with Crippen LogP contribution in [0, 0.1) is 5.92 Å². The zero-order valence-electron chi connectivity index (χ0n) is 18.6. The fourth-order valence-electron chi connectivity index (χ4n) is 3.51. The molecule has 2 aromatic heterocycles. The minimum atomic E-state index is -0.155. The second-order valence-electron chi connectivity index (χ2n) is 7.96. The maximum absolute atomic E-state index is 12.3. The van der Waals surface area contributed by atoms with Crippen LogP contribution in [0.2, 0.25) is 0 Å². The molecule has 1 fully saturated rings. The Morgan fingerprint density at radius 3 is 2.39 bits per heavy atom. The topological polar surface area (TPSA) is 104 Å². The second-order valence-corrected chi connectivity index (χ2v) is 8.89. The van der Waals surface area contributed by atoms with Gasteiger partial charge in [0.1, 0.15) is 0 Å². The van der Waals surface area contributed by atoms with Crippen molar-refractivity contribution in [3.8, 4) is 11.5 Å². The van der Waals surface area contributed by atoms with Crippen molar-refractivity contribution in [2.45, 2.75) is 19.1 Å². The van der Waals surface area contributed by atoms with Gasteiger partial charge in [-0.05, 0) is 36.4 Å². The average Bonchev–Trinajstić information content (AvgIpc) is 3.33. The zero-order valence-corrected chi connectivity index (χ0v) is 19.4. The SMILES string of the molecule is CC(C)C(=O)N1CCN(c2ccc(NC(=O)CSc3nnc(-c4ccncc4)o3)cc2)CC1. The van der Waals surface area contributed by atoms with E-state index in [1.807, 2.05) is 43.0 Å². The van der Waals surface area contributed by atoms with E-state index < -0.39 is 0 Å². The van der Waals surface area contributed by atoms with Crippen molar-refractivity contribution in [2.24, 2.45) is 5.92 Å². The molecule has 0 unspecified atom stereocenters. The number of carbonyl (C=O) groups is 2. The van der Waals surface area contributed by atoms with Crippen molar-refractivity contribution < 1.29 is 14.0 Å². The Kier molecular flexibility index (Phi) is 7.23. The van der Waals surface area contributed by atoms with Gasteiger partial charge in [0.2, 0.25) is 17.7 Å². The molecule has 1 N–H and O–H groups in total. The number of thioether (sulfide) groups is 1. The predicted octanol–water partition coefficient (Wildman–Crippen LogP) is 3.17. The normalized spacial score (nSPS) is 13.9. The number of amides is 2. The van der Waals surface area contributed by atoms with Crippen LogP contribution in [-0.2, 0) is 9.59 Å². The molecule has 0 atom stereocenters. The largest absolute Gasteiger partial charge is 0.411 e. The van der Waals surface area contributed by atoms with Crippen LogP contribution in [-0.4, -0.2) is 63.8 Å². The van der Waals surface area contributed by atoms with E-state index >= 15 is 0 Å². The van der Waals surface area contributed by atoms with Crippen molar-refractivity contribution in [3.63, 3.8) is 0 Å². The summed E-state index contributed by atoms with van der Waals surface area (Å²) in [5.41, 5.74) is 2.58. The summed E-state index contributed by atoms with van der Waals surface area (Å²) in [4.78, 5) is 32.6. The average molecular weight is 467 g/mol. The number of carbonyl (C=O) groups excluding carboxylic acids is 2. The van der Waals surface area contributed by atoms with Crippen LogP contribution in [0.4, 0.5) is 11.4 Å². The molecule has 3 heterocycles. The summed E-state index contributed by atoms with van der Waals surface area (Å²) in [5, 5.41) is 11.2. The molecule has 1 aliphatic rings. The quantitative estimate of drug-likeness (QED) is 0.530. The Morgan fingerprint density at radius 1 is 1.03 bits per heavy atom. The zero-order chi connectivity index (χ0) is 23.2. The van der Waals surface area contributed by atoms with Crippen LogP contribution in [0.3, 0.4) is 0 Å². The van der Waals surface area contributed by atoms with Gasteiger partial charge in [-0.25, -0.2) is 0 Å². The van der Waals surface area contributed by atoms with Crippen LogP contribution in [0.15, 0.2) is 58.4 Å². The van der Waals surface area contributed by atoms with Crippen molar-refractivity contribution >= 4 is 35.0 Å². The van der Waals surface area contributed by atoms with E-state index in [4.69, 9.17) is 4.42 Å². The molecule has 2 amide bonds. The van der Waals surface area contributed by atoms with E-state index in [1.165, 1.54) is 11.8 Å². The van der Waals surface area contributed by atoms with Gasteiger partial charge in [0, 0.05) is 61.4 Å². The third-order valence-electron chi connectivity index (χ3n) is 5.26. The molecule has 0 bridgehead atoms. The van der Waals surface area contributed by atoms with Gasteiger partial charge in [-0.1, -0.05) is 25.6 Å². The lowest BCUT2D eigenvalue weighted by atomic mass is 10.1. The highest BCUT2D eigenvalue weighted by atomic mass is 32.2. The second kappa shape index (κ2) is 10.5. The first-order valence-corrected chi connectivity index (χ1v) is 11.8. The van der Waals surface area contributed by atoms with Crippen LogP contribution >= 0.6 is 11.8 Å². The fraction of sp³-hybridized carbons (Fsp3) is 0.348. The summed E-state index contributed by atoms with van der Waals surface area (Å²) in [7, 11) is 0. The van der Waals surface area contributed by atoms with Gasteiger partial charge in [-0.2, -0.15) is 0 Å². The number of benzene rings is 1. The van der Waals surface area contributed by atoms with E-state index in [9.17, 15) is 9.59 Å². The smallest absolute Gasteiger partial charge is 0.277 e. The van der Waals surface area contributed by atoms with E-state index in [0.29, 0.717) is 11.1 Å². The summed E-state index contributed by atoms with van der Waals surface area (Å²) < 4.78 is 5.59. The van der Waals surface area contributed by atoms with Crippen molar-refractivity contribution in [2.75, 3.05) is 42.1 Å². The number of rotatable bonds is 7. The maximum Gasteiger partial charge on any atom is 0.277 e. The van der Waals surface area contributed by atoms with E-state index in [0.717, 1.165) is 43.1 Å². The summed E-state index contributed by atoms with van der Waals surface area (Å²) >= 11 is 1.19. The summed E-state index contributed by atoms with van der Waals surface area (Å²) in [6.07, 6.45) is 3.30. The van der Waals surface area contributed by atoms with E-state index in [1.54, 1.807) is 24.5 Å². The number of hydrogen-bond donors (Lipinski definition) is 1. The van der Waals surface area contributed by atoms with Crippen molar-refractivity contribution in [3.05, 3.63) is 48.8 Å². The predicted molar refractivity (Wildman–Crippen MR) is 127 cm³/mol. The lowest BCUT2D eigenvalue weighted by Gasteiger charge is -2.37. The Bertz CT molecular complexity index is 1080.